The molecule has 0 amide bonds. The lowest BCUT2D eigenvalue weighted by Gasteiger charge is -1.79. The summed E-state index contributed by atoms with van der Waals surface area (Å²) in [5.41, 5.74) is 0. The third-order valence-corrected chi connectivity index (χ3v) is 0.732. The molecule has 1 aromatic rings. The largest absolute Gasteiger partial charge is 0.475 e. The van der Waals surface area contributed by atoms with Crippen LogP contribution in [0.2, 0.25) is 0 Å². The normalized spacial score (nSPS) is 6.00. The van der Waals surface area contributed by atoms with Gasteiger partial charge in [0.15, 0.2) is 0 Å². The molecule has 1 heterocycles. The molecule has 7 heteroatoms. The van der Waals surface area contributed by atoms with Gasteiger partial charge in [-0.15, -0.1) is 0 Å². The standard InChI is InChI=1S/C5H4O3.4H2O/c6-5(7)4-2-1-3-8-4;;;;/h1-3H,(H,6,7);4*1H2. The first-order valence-electron chi connectivity index (χ1n) is 2.07. The topological polar surface area (TPSA) is 176 Å². The zero-order chi connectivity index (χ0) is 5.98. The zero-order valence-corrected chi connectivity index (χ0v) is 6.00. The van der Waals surface area contributed by atoms with Crippen molar-refractivity contribution in [2.45, 2.75) is 0 Å². The van der Waals surface area contributed by atoms with Crippen LogP contribution >= 0.6 is 0 Å². The number of furan rings is 1. The van der Waals surface area contributed by atoms with Gasteiger partial charge in [0.2, 0.25) is 5.76 Å². The lowest BCUT2D eigenvalue weighted by Crippen LogP contribution is -1.90. The summed E-state index contributed by atoms with van der Waals surface area (Å²) in [6.45, 7) is 0. The molecule has 7 nitrogen and oxygen atoms in total. The minimum atomic E-state index is -1.03. The Balaban J connectivity index is -0.0000000800. The van der Waals surface area contributed by atoms with Crippen LogP contribution in [0.25, 0.3) is 0 Å². The number of carboxylic acids is 1. The highest BCUT2D eigenvalue weighted by Crippen LogP contribution is 1.97. The molecule has 0 aliphatic heterocycles. The quantitative estimate of drug-likeness (QED) is 0.515. The third-order valence-electron chi connectivity index (χ3n) is 0.732. The number of carboxylic acid groups (broad SMARTS) is 1. The predicted octanol–water partition coefficient (Wildman–Crippen LogP) is -2.32. The summed E-state index contributed by atoms with van der Waals surface area (Å²) in [4.78, 5) is 9.97. The highest BCUT2D eigenvalue weighted by Gasteiger charge is 2.01. The van der Waals surface area contributed by atoms with E-state index in [4.69, 9.17) is 5.11 Å². The average Bonchev–Trinajstić information content (AvgIpc) is 2.12. The fourth-order valence-electron chi connectivity index (χ4n) is 0.400. The molecule has 74 valence electrons. The van der Waals surface area contributed by atoms with Gasteiger partial charge in [-0.25, -0.2) is 4.79 Å². The molecular formula is C5H12O7. The van der Waals surface area contributed by atoms with E-state index in [9.17, 15) is 4.79 Å². The van der Waals surface area contributed by atoms with Crippen molar-refractivity contribution in [3.8, 4) is 0 Å². The maximum Gasteiger partial charge on any atom is 0.371 e. The third kappa shape index (κ3) is 5.38. The summed E-state index contributed by atoms with van der Waals surface area (Å²) < 4.78 is 4.50. The van der Waals surface area contributed by atoms with E-state index in [0.29, 0.717) is 0 Å². The molecule has 0 aliphatic carbocycles. The Bertz CT molecular complexity index is 180. The van der Waals surface area contributed by atoms with Crippen molar-refractivity contribution in [1.29, 1.82) is 0 Å². The molecule has 0 aromatic carbocycles. The summed E-state index contributed by atoms with van der Waals surface area (Å²) in [5.74, 6) is -1.06. The Morgan fingerprint density at radius 1 is 1.25 bits per heavy atom. The lowest BCUT2D eigenvalue weighted by atomic mass is 10.5. The van der Waals surface area contributed by atoms with Crippen LogP contribution in [0.15, 0.2) is 22.8 Å². The molecule has 0 fully saturated rings. The maximum absolute atomic E-state index is 9.97. The Kier molecular flexibility index (Phi) is 17.9. The molecule has 12 heavy (non-hydrogen) atoms. The van der Waals surface area contributed by atoms with E-state index in [2.05, 4.69) is 4.42 Å². The molecule has 1 aromatic heterocycles. The van der Waals surface area contributed by atoms with E-state index in [1.165, 1.54) is 18.4 Å². The van der Waals surface area contributed by atoms with Gasteiger partial charge >= 0.3 is 5.97 Å². The van der Waals surface area contributed by atoms with E-state index >= 15 is 0 Å². The minimum absolute atomic E-state index is 0. The molecule has 0 saturated heterocycles. The molecule has 0 aliphatic rings. The van der Waals surface area contributed by atoms with Gasteiger partial charge in [0.25, 0.3) is 0 Å². The minimum Gasteiger partial charge on any atom is -0.475 e. The smallest absolute Gasteiger partial charge is 0.371 e. The van der Waals surface area contributed by atoms with Gasteiger partial charge in [0, 0.05) is 0 Å². The van der Waals surface area contributed by atoms with Crippen LogP contribution in [0.1, 0.15) is 10.6 Å². The molecule has 1 rings (SSSR count). The highest BCUT2D eigenvalue weighted by molar-refractivity contribution is 5.84. The van der Waals surface area contributed by atoms with Crippen molar-refractivity contribution in [2.75, 3.05) is 0 Å². The van der Waals surface area contributed by atoms with Crippen LogP contribution in [0.4, 0.5) is 0 Å². The van der Waals surface area contributed by atoms with Crippen LogP contribution in [-0.4, -0.2) is 33.0 Å². The fourth-order valence-corrected chi connectivity index (χ4v) is 0.400. The van der Waals surface area contributed by atoms with E-state index in [1.54, 1.807) is 0 Å². The summed E-state index contributed by atoms with van der Waals surface area (Å²) in [6.07, 6.45) is 1.32. The van der Waals surface area contributed by atoms with Crippen molar-refractivity contribution in [2.24, 2.45) is 0 Å². The van der Waals surface area contributed by atoms with Crippen LogP contribution < -0.4 is 0 Å². The van der Waals surface area contributed by atoms with Gasteiger partial charge in [-0.05, 0) is 12.1 Å². The first-order valence-corrected chi connectivity index (χ1v) is 2.07. The molecule has 0 atom stereocenters. The van der Waals surface area contributed by atoms with Gasteiger partial charge < -0.3 is 31.4 Å². The van der Waals surface area contributed by atoms with Gasteiger partial charge in [-0.3, -0.25) is 0 Å². The van der Waals surface area contributed by atoms with E-state index in [-0.39, 0.29) is 27.7 Å². The van der Waals surface area contributed by atoms with Crippen molar-refractivity contribution < 1.29 is 36.2 Å². The number of rotatable bonds is 1. The van der Waals surface area contributed by atoms with Crippen LogP contribution in [0.3, 0.4) is 0 Å². The van der Waals surface area contributed by atoms with Gasteiger partial charge in [-0.1, -0.05) is 0 Å². The lowest BCUT2D eigenvalue weighted by molar-refractivity contribution is 0.0662. The number of aromatic carboxylic acids is 1. The Hall–Kier alpha value is -1.41. The highest BCUT2D eigenvalue weighted by atomic mass is 16.4. The van der Waals surface area contributed by atoms with Gasteiger partial charge in [-0.2, -0.15) is 0 Å². The monoisotopic (exact) mass is 184 g/mol. The van der Waals surface area contributed by atoms with Gasteiger partial charge in [0.05, 0.1) is 6.26 Å². The van der Waals surface area contributed by atoms with E-state index in [1.807, 2.05) is 0 Å². The van der Waals surface area contributed by atoms with Crippen LogP contribution in [-0.2, 0) is 0 Å². The zero-order valence-electron chi connectivity index (χ0n) is 6.00. The summed E-state index contributed by atoms with van der Waals surface area (Å²) in [5, 5.41) is 8.18. The molecule has 0 unspecified atom stereocenters. The summed E-state index contributed by atoms with van der Waals surface area (Å²) in [7, 11) is 0. The number of hydrogen-bond acceptors (Lipinski definition) is 2. The number of carbonyl (C=O) groups is 1. The maximum atomic E-state index is 9.97. The van der Waals surface area contributed by atoms with Gasteiger partial charge in [0.1, 0.15) is 0 Å². The fraction of sp³-hybridized carbons (Fsp3) is 0. The molecule has 0 saturated carbocycles. The van der Waals surface area contributed by atoms with Crippen molar-refractivity contribution in [3.63, 3.8) is 0 Å². The molecular weight excluding hydrogens is 172 g/mol. The molecule has 9 N–H and O–H groups in total. The average molecular weight is 184 g/mol. The van der Waals surface area contributed by atoms with E-state index in [0.717, 1.165) is 0 Å². The van der Waals surface area contributed by atoms with Crippen molar-refractivity contribution >= 4 is 5.97 Å². The summed E-state index contributed by atoms with van der Waals surface area (Å²) in [6, 6.07) is 2.92. The van der Waals surface area contributed by atoms with Crippen molar-refractivity contribution in [1.82, 2.24) is 0 Å². The second-order valence-electron chi connectivity index (χ2n) is 1.28. The molecule has 0 bridgehead atoms. The summed E-state index contributed by atoms with van der Waals surface area (Å²) >= 11 is 0. The Labute approximate surface area is 67.5 Å². The first kappa shape index (κ1) is 22.4. The first-order chi connectivity index (χ1) is 3.80. The van der Waals surface area contributed by atoms with Crippen LogP contribution in [0.5, 0.6) is 0 Å². The van der Waals surface area contributed by atoms with Crippen LogP contribution in [0, 0.1) is 0 Å². The second kappa shape index (κ2) is 9.59. The molecule has 0 spiro atoms. The SMILES string of the molecule is O.O.O.O.O=C(O)c1ccco1. The Morgan fingerprint density at radius 3 is 1.92 bits per heavy atom. The predicted molar refractivity (Wildman–Crippen MR) is 40.1 cm³/mol. The van der Waals surface area contributed by atoms with Crippen molar-refractivity contribution in [3.05, 3.63) is 24.2 Å². The second-order valence-corrected chi connectivity index (χ2v) is 1.28. The molecule has 0 radical (unpaired) electrons. The Morgan fingerprint density at radius 2 is 1.75 bits per heavy atom. The number of hydrogen-bond donors (Lipinski definition) is 1. The van der Waals surface area contributed by atoms with E-state index < -0.39 is 5.97 Å².